The van der Waals surface area contributed by atoms with E-state index in [2.05, 4.69) is 5.32 Å². The van der Waals surface area contributed by atoms with Crippen LogP contribution in [0.4, 0.5) is 0 Å². The molecule has 0 radical (unpaired) electrons. The highest BCUT2D eigenvalue weighted by Gasteiger charge is 2.48. The highest BCUT2D eigenvalue weighted by molar-refractivity contribution is 5.82. The van der Waals surface area contributed by atoms with Crippen LogP contribution in [0.1, 0.15) is 39.2 Å². The molecule has 1 aromatic rings. The molecule has 2 rings (SSSR count). The normalized spacial score (nSPS) is 17.1. The van der Waals surface area contributed by atoms with E-state index in [0.717, 1.165) is 24.2 Å². The third-order valence-electron chi connectivity index (χ3n) is 3.41. The molecule has 0 unspecified atom stereocenters. The van der Waals surface area contributed by atoms with E-state index >= 15 is 0 Å². The Labute approximate surface area is 109 Å². The number of hydrogen-bond acceptors (Lipinski definition) is 2. The Hall–Kier alpha value is -1.51. The lowest BCUT2D eigenvalue weighted by Gasteiger charge is -2.25. The van der Waals surface area contributed by atoms with E-state index in [0.29, 0.717) is 0 Å². The van der Waals surface area contributed by atoms with Crippen LogP contribution in [0, 0.1) is 5.41 Å². The fourth-order valence-electron chi connectivity index (χ4n) is 2.03. The van der Waals surface area contributed by atoms with Gasteiger partial charge in [-0.15, -0.1) is 0 Å². The summed E-state index contributed by atoms with van der Waals surface area (Å²) in [5.74, 6) is 0.940. The van der Waals surface area contributed by atoms with Gasteiger partial charge in [-0.2, -0.15) is 0 Å². The number of hydrogen-bond donors (Lipinski definition) is 1. The molecule has 1 saturated carbocycles. The van der Waals surface area contributed by atoms with Gasteiger partial charge in [-0.1, -0.05) is 39.0 Å². The molecule has 3 heteroatoms. The number of carbonyl (C=O) groups is 1. The quantitative estimate of drug-likeness (QED) is 0.892. The molecule has 0 atom stereocenters. The van der Waals surface area contributed by atoms with Gasteiger partial charge >= 0.3 is 0 Å². The van der Waals surface area contributed by atoms with Gasteiger partial charge in [0.25, 0.3) is 0 Å². The first kappa shape index (κ1) is 12.9. The predicted molar refractivity (Wildman–Crippen MR) is 71.5 cm³/mol. The standard InChI is InChI=1S/C15H21NO2/c1-14(2,3)13(17)16-15(9-10-15)11-7-5-6-8-12(11)18-4/h5-8H,9-10H2,1-4H3,(H,16,17). The van der Waals surface area contributed by atoms with Crippen molar-refractivity contribution in [3.8, 4) is 5.75 Å². The van der Waals surface area contributed by atoms with E-state index in [4.69, 9.17) is 4.74 Å². The summed E-state index contributed by atoms with van der Waals surface area (Å²) >= 11 is 0. The van der Waals surface area contributed by atoms with Crippen LogP contribution in [0.5, 0.6) is 5.75 Å². The molecule has 0 saturated heterocycles. The van der Waals surface area contributed by atoms with Crippen LogP contribution >= 0.6 is 0 Å². The maximum atomic E-state index is 12.1. The number of ether oxygens (including phenoxy) is 1. The second kappa shape index (κ2) is 4.30. The van der Waals surface area contributed by atoms with E-state index in [9.17, 15) is 4.79 Å². The van der Waals surface area contributed by atoms with E-state index < -0.39 is 0 Å². The summed E-state index contributed by atoms with van der Waals surface area (Å²) in [6.07, 6.45) is 1.96. The maximum Gasteiger partial charge on any atom is 0.226 e. The average Bonchev–Trinajstić information content (AvgIpc) is 3.08. The van der Waals surface area contributed by atoms with Gasteiger partial charge in [-0.3, -0.25) is 4.79 Å². The van der Waals surface area contributed by atoms with Gasteiger partial charge in [0, 0.05) is 11.0 Å². The van der Waals surface area contributed by atoms with E-state index in [1.165, 1.54) is 0 Å². The maximum absolute atomic E-state index is 12.1. The van der Waals surface area contributed by atoms with Crippen molar-refractivity contribution in [2.45, 2.75) is 39.2 Å². The molecule has 0 heterocycles. The van der Waals surface area contributed by atoms with Crippen LogP contribution < -0.4 is 10.1 Å². The molecule has 0 aromatic heterocycles. The SMILES string of the molecule is COc1ccccc1C1(NC(=O)C(C)(C)C)CC1. The Morgan fingerprint density at radius 3 is 2.39 bits per heavy atom. The summed E-state index contributed by atoms with van der Waals surface area (Å²) in [6.45, 7) is 5.79. The van der Waals surface area contributed by atoms with Crippen molar-refractivity contribution in [2.24, 2.45) is 5.41 Å². The van der Waals surface area contributed by atoms with Crippen molar-refractivity contribution in [1.82, 2.24) is 5.32 Å². The van der Waals surface area contributed by atoms with Crippen LogP contribution in [0.15, 0.2) is 24.3 Å². The van der Waals surface area contributed by atoms with Crippen molar-refractivity contribution in [1.29, 1.82) is 0 Å². The summed E-state index contributed by atoms with van der Waals surface area (Å²) in [6, 6.07) is 7.92. The summed E-state index contributed by atoms with van der Waals surface area (Å²) in [4.78, 5) is 12.1. The Morgan fingerprint density at radius 1 is 1.28 bits per heavy atom. The molecule has 1 N–H and O–H groups in total. The molecule has 98 valence electrons. The van der Waals surface area contributed by atoms with Gasteiger partial charge in [0.15, 0.2) is 0 Å². The fourth-order valence-corrected chi connectivity index (χ4v) is 2.03. The molecular formula is C15H21NO2. The van der Waals surface area contributed by atoms with Crippen LogP contribution in [-0.4, -0.2) is 13.0 Å². The van der Waals surface area contributed by atoms with Gasteiger partial charge in [0.1, 0.15) is 5.75 Å². The number of para-hydroxylation sites is 1. The van der Waals surface area contributed by atoms with Crippen LogP contribution in [0.3, 0.4) is 0 Å². The predicted octanol–water partition coefficient (Wildman–Crippen LogP) is 2.85. The molecule has 1 aliphatic rings. The zero-order chi connectivity index (χ0) is 13.4. The molecule has 18 heavy (non-hydrogen) atoms. The minimum absolute atomic E-state index is 0.0888. The number of nitrogens with one attached hydrogen (secondary N) is 1. The number of amides is 1. The van der Waals surface area contributed by atoms with E-state index in [1.807, 2.05) is 45.0 Å². The first-order chi connectivity index (χ1) is 8.39. The first-order valence-electron chi connectivity index (χ1n) is 6.35. The van der Waals surface area contributed by atoms with Crippen molar-refractivity contribution < 1.29 is 9.53 Å². The van der Waals surface area contributed by atoms with Crippen molar-refractivity contribution in [2.75, 3.05) is 7.11 Å². The number of methoxy groups -OCH3 is 1. The molecule has 1 amide bonds. The van der Waals surface area contributed by atoms with Crippen LogP contribution in [-0.2, 0) is 10.3 Å². The van der Waals surface area contributed by atoms with Crippen molar-refractivity contribution in [3.05, 3.63) is 29.8 Å². The van der Waals surface area contributed by atoms with Crippen LogP contribution in [0.25, 0.3) is 0 Å². The van der Waals surface area contributed by atoms with Crippen LogP contribution in [0.2, 0.25) is 0 Å². The zero-order valence-corrected chi connectivity index (χ0v) is 11.5. The summed E-state index contributed by atoms with van der Waals surface area (Å²) in [7, 11) is 1.67. The Bertz CT molecular complexity index is 456. The summed E-state index contributed by atoms with van der Waals surface area (Å²) < 4.78 is 5.39. The third-order valence-corrected chi connectivity index (χ3v) is 3.41. The fraction of sp³-hybridized carbons (Fsp3) is 0.533. The van der Waals surface area contributed by atoms with Gasteiger partial charge in [-0.05, 0) is 18.9 Å². The lowest BCUT2D eigenvalue weighted by atomic mass is 9.93. The minimum atomic E-state index is -0.363. The number of carbonyl (C=O) groups excluding carboxylic acids is 1. The largest absolute Gasteiger partial charge is 0.496 e. The molecule has 3 nitrogen and oxygen atoms in total. The third kappa shape index (κ3) is 2.35. The second-order valence-corrected chi connectivity index (χ2v) is 5.99. The molecular weight excluding hydrogens is 226 g/mol. The first-order valence-corrected chi connectivity index (χ1v) is 6.35. The van der Waals surface area contributed by atoms with Crippen molar-refractivity contribution in [3.63, 3.8) is 0 Å². The molecule has 0 bridgehead atoms. The Morgan fingerprint density at radius 2 is 1.89 bits per heavy atom. The highest BCUT2D eigenvalue weighted by Crippen LogP contribution is 2.49. The van der Waals surface area contributed by atoms with Gasteiger partial charge in [-0.25, -0.2) is 0 Å². The summed E-state index contributed by atoms with van der Waals surface area (Å²) in [5, 5.41) is 3.18. The molecule has 0 spiro atoms. The lowest BCUT2D eigenvalue weighted by molar-refractivity contribution is -0.129. The Kier molecular flexibility index (Phi) is 3.09. The monoisotopic (exact) mass is 247 g/mol. The molecule has 1 aromatic carbocycles. The zero-order valence-electron chi connectivity index (χ0n) is 11.5. The topological polar surface area (TPSA) is 38.3 Å². The van der Waals surface area contributed by atoms with E-state index in [1.54, 1.807) is 7.11 Å². The Balaban J connectivity index is 2.25. The minimum Gasteiger partial charge on any atom is -0.496 e. The second-order valence-electron chi connectivity index (χ2n) is 5.99. The average molecular weight is 247 g/mol. The number of rotatable bonds is 3. The van der Waals surface area contributed by atoms with Gasteiger partial charge in [0.2, 0.25) is 5.91 Å². The molecule has 1 fully saturated rings. The molecule has 0 aliphatic heterocycles. The summed E-state index contributed by atoms with van der Waals surface area (Å²) in [5.41, 5.74) is 0.513. The molecule has 1 aliphatic carbocycles. The smallest absolute Gasteiger partial charge is 0.226 e. The van der Waals surface area contributed by atoms with Crippen molar-refractivity contribution >= 4 is 5.91 Å². The van der Waals surface area contributed by atoms with Gasteiger partial charge in [0.05, 0.1) is 12.6 Å². The lowest BCUT2D eigenvalue weighted by Crippen LogP contribution is -2.41. The van der Waals surface area contributed by atoms with Gasteiger partial charge < -0.3 is 10.1 Å². The van der Waals surface area contributed by atoms with E-state index in [-0.39, 0.29) is 16.9 Å². The number of benzene rings is 1. The highest BCUT2D eigenvalue weighted by atomic mass is 16.5.